The number of benzene rings is 2. The minimum Gasteiger partial charge on any atom is -0.461 e. The third kappa shape index (κ3) is 5.77. The van der Waals surface area contributed by atoms with Gasteiger partial charge in [0, 0.05) is 23.7 Å². The van der Waals surface area contributed by atoms with Crippen molar-refractivity contribution in [3.05, 3.63) is 70.7 Å². The molecule has 7 nitrogen and oxygen atoms in total. The molecular weight excluding hydrogens is 426 g/mol. The van der Waals surface area contributed by atoms with Crippen LogP contribution in [0.25, 0.3) is 0 Å². The Morgan fingerprint density at radius 3 is 2.57 bits per heavy atom. The standard InChI is InChI=1S/C21H20ClN3O4S/c22-16-8-6-15(7-9-16)19(27)24-21(30)25-11-10-23-20(28)17(25)12-18(26)29-13-14-4-2-1-3-5-14/h1-9,17H,10-13H2,(H,23,28)(H,24,27,30). The molecule has 9 heteroatoms. The predicted molar refractivity (Wildman–Crippen MR) is 116 cm³/mol. The van der Waals surface area contributed by atoms with Crippen LogP contribution < -0.4 is 10.6 Å². The van der Waals surface area contributed by atoms with Gasteiger partial charge in [0.2, 0.25) is 5.91 Å². The van der Waals surface area contributed by atoms with Crippen molar-refractivity contribution in [3.8, 4) is 0 Å². The Bertz CT molecular complexity index is 937. The summed E-state index contributed by atoms with van der Waals surface area (Å²) in [5.41, 5.74) is 1.23. The maximum Gasteiger partial charge on any atom is 0.308 e. The van der Waals surface area contributed by atoms with E-state index in [1.807, 2.05) is 30.3 Å². The molecule has 0 aliphatic carbocycles. The van der Waals surface area contributed by atoms with Crippen molar-refractivity contribution in [3.63, 3.8) is 0 Å². The molecule has 2 amide bonds. The van der Waals surface area contributed by atoms with Crippen LogP contribution in [0.15, 0.2) is 54.6 Å². The SMILES string of the molecule is O=C(CC1C(=O)NCCN1C(=S)NC(=O)c1ccc(Cl)cc1)OCc1ccccc1. The third-order valence-electron chi connectivity index (χ3n) is 4.52. The molecule has 2 aromatic carbocycles. The molecule has 2 aromatic rings. The van der Waals surface area contributed by atoms with Gasteiger partial charge in [-0.15, -0.1) is 0 Å². The highest BCUT2D eigenvalue weighted by molar-refractivity contribution is 7.80. The van der Waals surface area contributed by atoms with Gasteiger partial charge in [-0.1, -0.05) is 41.9 Å². The first-order valence-electron chi connectivity index (χ1n) is 9.29. The van der Waals surface area contributed by atoms with E-state index in [-0.39, 0.29) is 24.0 Å². The maximum atomic E-state index is 12.4. The van der Waals surface area contributed by atoms with Crippen LogP contribution in [0.5, 0.6) is 0 Å². The van der Waals surface area contributed by atoms with Crippen LogP contribution >= 0.6 is 23.8 Å². The summed E-state index contributed by atoms with van der Waals surface area (Å²) in [6.45, 7) is 0.833. The molecule has 1 saturated heterocycles. The molecule has 156 valence electrons. The number of rotatable bonds is 5. The highest BCUT2D eigenvalue weighted by Gasteiger charge is 2.34. The van der Waals surface area contributed by atoms with Crippen molar-refractivity contribution in [2.24, 2.45) is 0 Å². The smallest absolute Gasteiger partial charge is 0.308 e. The lowest BCUT2D eigenvalue weighted by Crippen LogP contribution is -2.60. The molecular formula is C21H20ClN3O4S. The normalized spacial score (nSPS) is 15.8. The van der Waals surface area contributed by atoms with Crippen LogP contribution in [0.2, 0.25) is 5.02 Å². The second-order valence-corrected chi connectivity index (χ2v) is 7.44. The largest absolute Gasteiger partial charge is 0.461 e. The highest BCUT2D eigenvalue weighted by atomic mass is 35.5. The summed E-state index contributed by atoms with van der Waals surface area (Å²) in [6.07, 6.45) is -0.185. The van der Waals surface area contributed by atoms with E-state index in [1.54, 1.807) is 24.3 Å². The maximum absolute atomic E-state index is 12.4. The number of amides is 2. The van der Waals surface area contributed by atoms with E-state index in [9.17, 15) is 14.4 Å². The Labute approximate surface area is 184 Å². The van der Waals surface area contributed by atoms with Crippen LogP contribution in [0, 0.1) is 0 Å². The lowest BCUT2D eigenvalue weighted by Gasteiger charge is -2.36. The minimum atomic E-state index is -0.861. The molecule has 1 atom stereocenters. The summed E-state index contributed by atoms with van der Waals surface area (Å²) in [5.74, 6) is -1.30. The van der Waals surface area contributed by atoms with Gasteiger partial charge in [-0.25, -0.2) is 0 Å². The molecule has 3 rings (SSSR count). The molecule has 0 bridgehead atoms. The molecule has 1 heterocycles. The fourth-order valence-electron chi connectivity index (χ4n) is 2.96. The number of hydrogen-bond donors (Lipinski definition) is 2. The molecule has 0 radical (unpaired) electrons. The third-order valence-corrected chi connectivity index (χ3v) is 5.11. The molecule has 1 unspecified atom stereocenters. The van der Waals surface area contributed by atoms with Crippen molar-refractivity contribution in [1.29, 1.82) is 0 Å². The van der Waals surface area contributed by atoms with Crippen molar-refractivity contribution in [2.45, 2.75) is 19.1 Å². The fourth-order valence-corrected chi connectivity index (χ4v) is 3.40. The van der Waals surface area contributed by atoms with Gasteiger partial charge < -0.3 is 15.0 Å². The van der Waals surface area contributed by atoms with Gasteiger partial charge in [-0.05, 0) is 42.0 Å². The lowest BCUT2D eigenvalue weighted by atomic mass is 10.1. The summed E-state index contributed by atoms with van der Waals surface area (Å²) in [5, 5.41) is 5.91. The van der Waals surface area contributed by atoms with Crippen LogP contribution in [0.4, 0.5) is 0 Å². The van der Waals surface area contributed by atoms with Crippen LogP contribution in [0.1, 0.15) is 22.3 Å². The molecule has 1 aliphatic heterocycles. The molecule has 1 fully saturated rings. The van der Waals surface area contributed by atoms with E-state index in [2.05, 4.69) is 10.6 Å². The van der Waals surface area contributed by atoms with E-state index in [4.69, 9.17) is 28.6 Å². The highest BCUT2D eigenvalue weighted by Crippen LogP contribution is 2.13. The van der Waals surface area contributed by atoms with Crippen LogP contribution in [-0.4, -0.2) is 46.9 Å². The van der Waals surface area contributed by atoms with Gasteiger partial charge >= 0.3 is 5.97 Å². The molecule has 0 spiro atoms. The lowest BCUT2D eigenvalue weighted by molar-refractivity contribution is -0.148. The summed E-state index contributed by atoms with van der Waals surface area (Å²) in [7, 11) is 0. The molecule has 1 aliphatic rings. The van der Waals surface area contributed by atoms with Crippen molar-refractivity contribution >= 4 is 46.7 Å². The topological polar surface area (TPSA) is 87.7 Å². The van der Waals surface area contributed by atoms with Crippen molar-refractivity contribution in [1.82, 2.24) is 15.5 Å². The first kappa shape index (κ1) is 21.7. The molecule has 0 aromatic heterocycles. The number of halogens is 1. The summed E-state index contributed by atoms with van der Waals surface area (Å²) >= 11 is 11.2. The molecule has 0 saturated carbocycles. The number of hydrogen-bond acceptors (Lipinski definition) is 5. The van der Waals surface area contributed by atoms with Gasteiger partial charge in [0.15, 0.2) is 5.11 Å². The van der Waals surface area contributed by atoms with Crippen LogP contribution in [0.3, 0.4) is 0 Å². The zero-order chi connectivity index (χ0) is 21.5. The Morgan fingerprint density at radius 2 is 1.87 bits per heavy atom. The number of thiocarbonyl (C=S) groups is 1. The molecule has 30 heavy (non-hydrogen) atoms. The van der Waals surface area contributed by atoms with Gasteiger partial charge in [-0.3, -0.25) is 19.7 Å². The second kappa shape index (κ2) is 10.2. The first-order valence-corrected chi connectivity index (χ1v) is 10.1. The van der Waals surface area contributed by atoms with Crippen molar-refractivity contribution in [2.75, 3.05) is 13.1 Å². The van der Waals surface area contributed by atoms with Crippen LogP contribution in [-0.2, 0) is 20.9 Å². The quantitative estimate of drug-likeness (QED) is 0.542. The van der Waals surface area contributed by atoms with Crippen molar-refractivity contribution < 1.29 is 19.1 Å². The second-order valence-electron chi connectivity index (χ2n) is 6.62. The summed E-state index contributed by atoms with van der Waals surface area (Å²) in [6, 6.07) is 14.7. The minimum absolute atomic E-state index is 0.0747. The first-order chi connectivity index (χ1) is 14.4. The van der Waals surface area contributed by atoms with Gasteiger partial charge in [0.1, 0.15) is 12.6 Å². The zero-order valence-electron chi connectivity index (χ0n) is 16.0. The van der Waals surface area contributed by atoms with E-state index in [0.29, 0.717) is 23.7 Å². The van der Waals surface area contributed by atoms with Gasteiger partial charge in [-0.2, -0.15) is 0 Å². The number of nitrogens with zero attached hydrogens (tertiary/aromatic N) is 1. The summed E-state index contributed by atoms with van der Waals surface area (Å²) < 4.78 is 5.28. The number of carbonyl (C=O) groups excluding carboxylic acids is 3. The number of ether oxygens (including phenoxy) is 1. The average molecular weight is 446 g/mol. The number of esters is 1. The molecule has 2 N–H and O–H groups in total. The van der Waals surface area contributed by atoms with Gasteiger partial charge in [0.05, 0.1) is 6.42 Å². The number of carbonyl (C=O) groups is 3. The predicted octanol–water partition coefficient (Wildman–Crippen LogP) is 2.29. The Morgan fingerprint density at radius 1 is 1.17 bits per heavy atom. The Kier molecular flexibility index (Phi) is 7.37. The average Bonchev–Trinajstić information content (AvgIpc) is 2.74. The van der Waals surface area contributed by atoms with E-state index in [1.165, 1.54) is 4.90 Å². The summed E-state index contributed by atoms with van der Waals surface area (Å²) in [4.78, 5) is 38.6. The number of piperazine rings is 1. The zero-order valence-corrected chi connectivity index (χ0v) is 17.5. The van der Waals surface area contributed by atoms with Gasteiger partial charge in [0.25, 0.3) is 5.91 Å². The monoisotopic (exact) mass is 445 g/mol. The fraction of sp³-hybridized carbons (Fsp3) is 0.238. The Hall–Kier alpha value is -2.97. The van der Waals surface area contributed by atoms with E-state index in [0.717, 1.165) is 5.56 Å². The van der Waals surface area contributed by atoms with E-state index < -0.39 is 17.9 Å². The number of nitrogens with one attached hydrogen (secondary N) is 2. The van der Waals surface area contributed by atoms with E-state index >= 15 is 0 Å². The Balaban J connectivity index is 1.61.